The molecule has 0 aliphatic carbocycles. The second kappa shape index (κ2) is 12.8. The van der Waals surface area contributed by atoms with E-state index in [1.54, 1.807) is 42.3 Å². The van der Waals surface area contributed by atoms with Crippen LogP contribution in [0.25, 0.3) is 61.0 Å². The van der Waals surface area contributed by atoms with Crippen LogP contribution in [0.1, 0.15) is 21.7 Å². The Kier molecular flexibility index (Phi) is 8.06. The highest BCUT2D eigenvalue weighted by atomic mass is 32.2. The molecule has 1 atom stereocenters. The summed E-state index contributed by atoms with van der Waals surface area (Å²) in [6.45, 7) is 4.49. The molecule has 1 unspecified atom stereocenters. The monoisotopic (exact) mass is 761 g/mol. The third-order valence-corrected chi connectivity index (χ3v) is 11.9. The Balaban J connectivity index is 1.25. The Morgan fingerprint density at radius 3 is 2.58 bits per heavy atom. The molecule has 55 heavy (non-hydrogen) atoms. The molecule has 2 aliphatic rings. The number of benzene rings is 3. The summed E-state index contributed by atoms with van der Waals surface area (Å²) < 4.78 is 56.2. The van der Waals surface area contributed by atoms with E-state index in [0.29, 0.717) is 105 Å². The molecule has 1 N–H and O–H groups in total. The lowest BCUT2D eigenvalue weighted by atomic mass is 10.00. The van der Waals surface area contributed by atoms with Gasteiger partial charge >= 0.3 is 6.09 Å². The minimum absolute atomic E-state index is 0.0519. The van der Waals surface area contributed by atoms with Gasteiger partial charge < -0.3 is 14.5 Å². The summed E-state index contributed by atoms with van der Waals surface area (Å²) in [5.41, 5.74) is 5.75. The van der Waals surface area contributed by atoms with E-state index in [9.17, 15) is 18.0 Å². The molecule has 2 fully saturated rings. The minimum Gasteiger partial charge on any atom is -0.455 e. The van der Waals surface area contributed by atoms with E-state index in [0.717, 1.165) is 16.1 Å². The smallest absolute Gasteiger partial charge is 0.410 e. The Morgan fingerprint density at radius 1 is 1.02 bits per heavy atom. The van der Waals surface area contributed by atoms with E-state index in [4.69, 9.17) is 19.1 Å². The number of amides is 2. The average molecular weight is 762 g/mol. The topological polar surface area (TPSA) is 143 Å². The minimum atomic E-state index is -3.77. The number of nitrogens with zero attached hydrogens (tertiary/aromatic N) is 6. The molecule has 15 heteroatoms. The molecular weight excluding hydrogens is 726 g/mol. The number of pyridine rings is 1. The van der Waals surface area contributed by atoms with Gasteiger partial charge in [0, 0.05) is 61.7 Å². The van der Waals surface area contributed by atoms with Gasteiger partial charge in [-0.3, -0.25) is 23.3 Å². The highest BCUT2D eigenvalue weighted by Crippen LogP contribution is 2.42. The number of carbonyl (C=O) groups is 2. The van der Waals surface area contributed by atoms with E-state index in [1.165, 1.54) is 13.1 Å². The summed E-state index contributed by atoms with van der Waals surface area (Å²) in [5.74, 6) is 0.261. The molecule has 7 aromatic rings. The summed E-state index contributed by atoms with van der Waals surface area (Å²) >= 11 is 0. The first kappa shape index (κ1) is 34.7. The highest BCUT2D eigenvalue weighted by molar-refractivity contribution is 7.92. The van der Waals surface area contributed by atoms with Crippen molar-refractivity contribution in [2.75, 3.05) is 50.9 Å². The van der Waals surface area contributed by atoms with E-state index >= 15 is 4.39 Å². The number of furan rings is 1. The molecule has 3 aromatic carbocycles. The number of ether oxygens (including phenoxy) is 1. The van der Waals surface area contributed by atoms with Gasteiger partial charge in [-0.1, -0.05) is 35.9 Å². The number of halogens is 1. The maximum Gasteiger partial charge on any atom is 0.410 e. The summed E-state index contributed by atoms with van der Waals surface area (Å²) in [5, 5.41) is 3.60. The third kappa shape index (κ3) is 5.72. The molecule has 9 rings (SSSR count). The summed E-state index contributed by atoms with van der Waals surface area (Å²) in [7, 11) is -0.780. The summed E-state index contributed by atoms with van der Waals surface area (Å²) in [6, 6.07) is 21.1. The van der Waals surface area contributed by atoms with Crippen molar-refractivity contribution in [2.45, 2.75) is 19.5 Å². The number of hydrogen-bond acceptors (Lipinski definition) is 9. The molecule has 6 heterocycles. The number of fused-ring (bicyclic) bond motifs is 7. The first-order valence-corrected chi connectivity index (χ1v) is 19.6. The Labute approximate surface area is 315 Å². The van der Waals surface area contributed by atoms with E-state index < -0.39 is 10.0 Å². The molecule has 2 aliphatic heterocycles. The number of cyclic esters (lactones) is 1. The number of aromatic nitrogens is 3. The molecule has 0 bridgehead atoms. The predicted octanol–water partition coefficient (Wildman–Crippen LogP) is 5.96. The quantitative estimate of drug-likeness (QED) is 0.208. The maximum atomic E-state index is 15.4. The van der Waals surface area contributed by atoms with Crippen LogP contribution in [0.5, 0.6) is 0 Å². The maximum absolute atomic E-state index is 15.4. The number of hydrogen-bond donors (Lipinski definition) is 1. The molecule has 2 amide bonds. The van der Waals surface area contributed by atoms with E-state index in [1.807, 2.05) is 47.7 Å². The predicted molar refractivity (Wildman–Crippen MR) is 207 cm³/mol. The van der Waals surface area contributed by atoms with Crippen LogP contribution in [0.4, 0.5) is 14.9 Å². The third-order valence-electron chi connectivity index (χ3n) is 10.7. The zero-order chi connectivity index (χ0) is 38.3. The Bertz CT molecular complexity index is 2850. The van der Waals surface area contributed by atoms with Crippen LogP contribution in [0.2, 0.25) is 0 Å². The number of sulfonamides is 1. The van der Waals surface area contributed by atoms with Crippen molar-refractivity contribution in [2.24, 2.45) is 0 Å². The lowest BCUT2D eigenvalue weighted by molar-refractivity contribution is 0.0964. The fourth-order valence-electron chi connectivity index (χ4n) is 7.75. The number of nitrogens with one attached hydrogen (secondary N) is 1. The molecule has 0 radical (unpaired) electrons. The number of rotatable bonds is 7. The normalized spacial score (nSPS) is 16.3. The van der Waals surface area contributed by atoms with Gasteiger partial charge in [-0.05, 0) is 43.3 Å². The molecule has 13 nitrogen and oxygen atoms in total. The number of piperazine rings is 1. The molecule has 280 valence electrons. The zero-order valence-corrected chi connectivity index (χ0v) is 31.3. The van der Waals surface area contributed by atoms with E-state index in [-0.39, 0.29) is 29.5 Å². The van der Waals surface area contributed by atoms with Crippen molar-refractivity contribution in [1.82, 2.24) is 29.5 Å². The lowest BCUT2D eigenvalue weighted by Gasteiger charge is -2.35. The standard InChI is InChI=1S/C40H36FN7O6S/c1-22-8-10-23(11-9-22)38-36(39(49)42-2)27-16-26(32(18-34(27)54-38)45(3)55(4,51)52)29-12-13-30-37(44-29)33-17-25-28(41)6-5-7-31(25)48(33)35(43-30)20-46-14-15-47-24(19-46)21-53-40(47)50/h5-13,16-18,24H,14-15,19-21H2,1-4H3,(H,42,49). The van der Waals surface area contributed by atoms with Gasteiger partial charge in [-0.15, -0.1) is 0 Å². The van der Waals surface area contributed by atoms with Crippen molar-refractivity contribution in [3.05, 3.63) is 95.6 Å². The molecule has 0 saturated carbocycles. The van der Waals surface area contributed by atoms with Crippen molar-refractivity contribution in [3.8, 4) is 22.6 Å². The van der Waals surface area contributed by atoms with Gasteiger partial charge in [0.25, 0.3) is 5.91 Å². The SMILES string of the molecule is CNC(=O)c1c(-c2ccc(C)cc2)oc2cc(N(C)S(C)(=O)=O)c(-c3ccc4nc(CN5CCN6C(=O)OCC6C5)n5c6cccc(F)c6cc5c4n3)cc12. The van der Waals surface area contributed by atoms with Gasteiger partial charge in [0.05, 0.1) is 52.3 Å². The number of anilines is 1. The second-order valence-corrected chi connectivity index (χ2v) is 16.2. The number of aryl methyl sites for hydroxylation is 1. The van der Waals surface area contributed by atoms with E-state index in [2.05, 4.69) is 10.2 Å². The van der Waals surface area contributed by atoms with Crippen molar-refractivity contribution in [3.63, 3.8) is 0 Å². The largest absolute Gasteiger partial charge is 0.455 e. The first-order valence-electron chi connectivity index (χ1n) is 17.8. The number of carbonyl (C=O) groups excluding carboxylic acids is 2. The summed E-state index contributed by atoms with van der Waals surface area (Å²) in [4.78, 5) is 39.8. The molecular formula is C40H36FN7O6S. The van der Waals surface area contributed by atoms with Crippen molar-refractivity contribution in [1.29, 1.82) is 0 Å². The molecule has 2 saturated heterocycles. The van der Waals surface area contributed by atoms with Crippen LogP contribution in [-0.4, -0.2) is 97.2 Å². The lowest BCUT2D eigenvalue weighted by Crippen LogP contribution is -2.51. The van der Waals surface area contributed by atoms with Crippen LogP contribution >= 0.6 is 0 Å². The zero-order valence-electron chi connectivity index (χ0n) is 30.5. The average Bonchev–Trinajstić information content (AvgIpc) is 3.87. The second-order valence-electron chi connectivity index (χ2n) is 14.1. The molecule has 4 aromatic heterocycles. The fraction of sp³-hybridized carbons (Fsp3) is 0.250. The van der Waals surface area contributed by atoms with Gasteiger partial charge in [-0.2, -0.15) is 0 Å². The van der Waals surface area contributed by atoms with Gasteiger partial charge in [0.1, 0.15) is 35.1 Å². The highest BCUT2D eigenvalue weighted by Gasteiger charge is 2.37. The van der Waals surface area contributed by atoms with Crippen LogP contribution in [0.3, 0.4) is 0 Å². The fourth-order valence-corrected chi connectivity index (χ4v) is 8.26. The first-order chi connectivity index (χ1) is 26.4. The Hall–Kier alpha value is -6.06. The van der Waals surface area contributed by atoms with Gasteiger partial charge in [0.15, 0.2) is 0 Å². The van der Waals surface area contributed by atoms with Crippen LogP contribution in [0, 0.1) is 12.7 Å². The van der Waals surface area contributed by atoms with Crippen LogP contribution in [-0.2, 0) is 21.3 Å². The van der Waals surface area contributed by atoms with Gasteiger partial charge in [-0.25, -0.2) is 27.6 Å². The molecule has 0 spiro atoms. The van der Waals surface area contributed by atoms with Crippen molar-refractivity contribution >= 4 is 66.1 Å². The summed E-state index contributed by atoms with van der Waals surface area (Å²) in [6.07, 6.45) is 0.816. The Morgan fingerprint density at radius 2 is 1.82 bits per heavy atom. The van der Waals surface area contributed by atoms with Gasteiger partial charge in [0.2, 0.25) is 10.0 Å². The van der Waals surface area contributed by atoms with Crippen LogP contribution in [0.15, 0.2) is 77.2 Å². The van der Waals surface area contributed by atoms with Crippen molar-refractivity contribution < 1.29 is 31.6 Å². The van der Waals surface area contributed by atoms with Crippen LogP contribution < -0.4 is 9.62 Å².